The molecule has 5 nitrogen and oxygen atoms in total. The van der Waals surface area contributed by atoms with Crippen molar-refractivity contribution in [2.24, 2.45) is 5.92 Å². The highest BCUT2D eigenvalue weighted by Crippen LogP contribution is 2.34. The maximum absolute atomic E-state index is 14.5. The first-order valence-corrected chi connectivity index (χ1v) is 11.1. The number of nitrogens with one attached hydrogen (secondary N) is 2. The minimum atomic E-state index is -0.546. The van der Waals surface area contributed by atoms with E-state index < -0.39 is 5.82 Å². The lowest BCUT2D eigenvalue weighted by atomic mass is 9.97. The molecule has 3 aromatic carbocycles. The number of halogens is 1. The van der Waals surface area contributed by atoms with Crippen LogP contribution in [-0.4, -0.2) is 29.6 Å². The van der Waals surface area contributed by atoms with E-state index in [4.69, 9.17) is 16.5 Å². The van der Waals surface area contributed by atoms with Gasteiger partial charge in [0.25, 0.3) is 0 Å². The van der Waals surface area contributed by atoms with Crippen LogP contribution < -0.4 is 10.6 Å². The SMILES string of the molecule is [C-]#[N+]c1ccc(-c2nc(NCC3CCNC3)nc3ccc(-c4ccccc4C)cc23)cc1F. The first-order chi connectivity index (χ1) is 16.1. The van der Waals surface area contributed by atoms with Crippen LogP contribution in [0.25, 0.3) is 38.1 Å². The van der Waals surface area contributed by atoms with E-state index in [1.165, 1.54) is 17.7 Å². The van der Waals surface area contributed by atoms with Gasteiger partial charge in [-0.3, -0.25) is 0 Å². The van der Waals surface area contributed by atoms with Gasteiger partial charge in [-0.25, -0.2) is 19.2 Å². The Morgan fingerprint density at radius 3 is 2.70 bits per heavy atom. The molecule has 4 aromatic rings. The lowest BCUT2D eigenvalue weighted by molar-refractivity contribution is 0.613. The van der Waals surface area contributed by atoms with Crippen molar-refractivity contribution in [3.8, 4) is 22.4 Å². The fourth-order valence-electron chi connectivity index (χ4n) is 4.36. The minimum absolute atomic E-state index is 0.00444. The monoisotopic (exact) mass is 437 g/mol. The zero-order valence-corrected chi connectivity index (χ0v) is 18.4. The molecule has 1 aliphatic rings. The Morgan fingerprint density at radius 2 is 1.94 bits per heavy atom. The van der Waals surface area contributed by atoms with Gasteiger partial charge in [-0.1, -0.05) is 42.5 Å². The predicted octanol–water partition coefficient (Wildman–Crippen LogP) is 5.98. The number of rotatable bonds is 5. The number of hydrogen-bond acceptors (Lipinski definition) is 4. The van der Waals surface area contributed by atoms with Gasteiger partial charge in [0, 0.05) is 17.5 Å². The molecule has 0 aliphatic carbocycles. The average Bonchev–Trinajstić information content (AvgIpc) is 3.36. The quantitative estimate of drug-likeness (QED) is 0.377. The molecule has 0 amide bonds. The van der Waals surface area contributed by atoms with Gasteiger partial charge < -0.3 is 10.6 Å². The number of benzene rings is 3. The van der Waals surface area contributed by atoms with Gasteiger partial charge in [-0.15, -0.1) is 0 Å². The van der Waals surface area contributed by atoms with E-state index in [2.05, 4.69) is 46.7 Å². The highest BCUT2D eigenvalue weighted by Gasteiger charge is 2.17. The van der Waals surface area contributed by atoms with Crippen molar-refractivity contribution in [1.29, 1.82) is 0 Å². The maximum Gasteiger partial charge on any atom is 0.223 e. The molecule has 0 spiro atoms. The van der Waals surface area contributed by atoms with Crippen LogP contribution in [0.2, 0.25) is 0 Å². The van der Waals surface area contributed by atoms with Crippen LogP contribution in [-0.2, 0) is 0 Å². The molecule has 0 bridgehead atoms. The molecule has 1 saturated heterocycles. The van der Waals surface area contributed by atoms with E-state index in [0.717, 1.165) is 48.1 Å². The highest BCUT2D eigenvalue weighted by molar-refractivity contribution is 5.96. The summed E-state index contributed by atoms with van der Waals surface area (Å²) in [6.45, 7) is 12.0. The van der Waals surface area contributed by atoms with Gasteiger partial charge in [0.15, 0.2) is 0 Å². The van der Waals surface area contributed by atoms with Crippen molar-refractivity contribution in [2.45, 2.75) is 13.3 Å². The van der Waals surface area contributed by atoms with Crippen LogP contribution in [0, 0.1) is 25.2 Å². The summed E-state index contributed by atoms with van der Waals surface area (Å²) < 4.78 is 14.5. The van der Waals surface area contributed by atoms with E-state index in [-0.39, 0.29) is 5.69 Å². The Kier molecular flexibility index (Phi) is 5.72. The Bertz CT molecular complexity index is 1370. The molecule has 1 aliphatic heterocycles. The molecular formula is C27H24FN5. The maximum atomic E-state index is 14.5. The number of aromatic nitrogens is 2. The number of nitrogens with zero attached hydrogens (tertiary/aromatic N) is 3. The van der Waals surface area contributed by atoms with Crippen molar-refractivity contribution in [1.82, 2.24) is 15.3 Å². The summed E-state index contributed by atoms with van der Waals surface area (Å²) in [6.07, 6.45) is 1.12. The van der Waals surface area contributed by atoms with Gasteiger partial charge in [-0.2, -0.15) is 0 Å². The highest BCUT2D eigenvalue weighted by atomic mass is 19.1. The molecule has 5 rings (SSSR count). The molecule has 0 saturated carbocycles. The average molecular weight is 438 g/mol. The molecule has 1 unspecified atom stereocenters. The summed E-state index contributed by atoms with van der Waals surface area (Å²) in [5.41, 5.74) is 5.44. The fraction of sp³-hybridized carbons (Fsp3) is 0.222. The Labute approximate surface area is 192 Å². The summed E-state index contributed by atoms with van der Waals surface area (Å²) in [6, 6.07) is 19.0. The van der Waals surface area contributed by atoms with Crippen LogP contribution in [0.15, 0.2) is 60.7 Å². The molecule has 1 fully saturated rings. The molecule has 0 radical (unpaired) electrons. The summed E-state index contributed by atoms with van der Waals surface area (Å²) in [4.78, 5) is 12.8. The van der Waals surface area contributed by atoms with Gasteiger partial charge >= 0.3 is 0 Å². The summed E-state index contributed by atoms with van der Waals surface area (Å²) in [5, 5.41) is 7.60. The van der Waals surface area contributed by atoms with Crippen molar-refractivity contribution < 1.29 is 4.39 Å². The summed E-state index contributed by atoms with van der Waals surface area (Å²) in [7, 11) is 0. The van der Waals surface area contributed by atoms with Gasteiger partial charge in [0.05, 0.1) is 17.8 Å². The predicted molar refractivity (Wildman–Crippen MR) is 131 cm³/mol. The summed E-state index contributed by atoms with van der Waals surface area (Å²) in [5.74, 6) is 0.519. The molecular weight excluding hydrogens is 413 g/mol. The zero-order chi connectivity index (χ0) is 22.8. The second-order valence-electron chi connectivity index (χ2n) is 8.46. The van der Waals surface area contributed by atoms with Crippen molar-refractivity contribution >= 4 is 22.5 Å². The van der Waals surface area contributed by atoms with Crippen LogP contribution >= 0.6 is 0 Å². The van der Waals surface area contributed by atoms with E-state index >= 15 is 0 Å². The lowest BCUT2D eigenvalue weighted by Crippen LogP contribution is -2.18. The van der Waals surface area contributed by atoms with Crippen LogP contribution in [0.3, 0.4) is 0 Å². The molecule has 2 N–H and O–H groups in total. The minimum Gasteiger partial charge on any atom is -0.354 e. The molecule has 1 atom stereocenters. The van der Waals surface area contributed by atoms with Crippen LogP contribution in [0.4, 0.5) is 16.0 Å². The van der Waals surface area contributed by atoms with E-state index in [9.17, 15) is 4.39 Å². The number of aryl methyl sites for hydroxylation is 1. The standard InChI is InChI=1S/C27H24FN5/c1-17-5-3-4-6-21(17)19-7-9-24-22(13-19)26(20-8-10-25(29-2)23(28)14-20)33-27(32-24)31-16-18-11-12-30-15-18/h3-10,13-14,18,30H,11-12,15-16H2,1H3,(H,31,32,33). The Morgan fingerprint density at radius 1 is 1.09 bits per heavy atom. The third kappa shape index (κ3) is 4.28. The van der Waals surface area contributed by atoms with Gasteiger partial charge in [0.2, 0.25) is 11.6 Å². The molecule has 6 heteroatoms. The number of hydrogen-bond donors (Lipinski definition) is 2. The van der Waals surface area contributed by atoms with Crippen molar-refractivity contribution in [3.63, 3.8) is 0 Å². The third-order valence-electron chi connectivity index (χ3n) is 6.20. The zero-order valence-electron chi connectivity index (χ0n) is 18.4. The molecule has 33 heavy (non-hydrogen) atoms. The first-order valence-electron chi connectivity index (χ1n) is 11.1. The third-order valence-corrected chi connectivity index (χ3v) is 6.20. The Balaban J connectivity index is 1.63. The van der Waals surface area contributed by atoms with E-state index in [1.807, 2.05) is 18.2 Å². The van der Waals surface area contributed by atoms with Gasteiger partial charge in [0.1, 0.15) is 5.82 Å². The Hall–Kier alpha value is -3.82. The topological polar surface area (TPSA) is 54.2 Å². The number of anilines is 1. The molecule has 164 valence electrons. The fourth-order valence-corrected chi connectivity index (χ4v) is 4.36. The van der Waals surface area contributed by atoms with Crippen molar-refractivity contribution in [3.05, 3.63) is 83.5 Å². The van der Waals surface area contributed by atoms with E-state index in [0.29, 0.717) is 23.1 Å². The molecule has 1 aromatic heterocycles. The normalized spacial score (nSPS) is 15.5. The van der Waals surface area contributed by atoms with E-state index in [1.54, 1.807) is 6.07 Å². The van der Waals surface area contributed by atoms with Crippen LogP contribution in [0.5, 0.6) is 0 Å². The summed E-state index contributed by atoms with van der Waals surface area (Å²) >= 11 is 0. The smallest absolute Gasteiger partial charge is 0.223 e. The number of fused-ring (bicyclic) bond motifs is 1. The largest absolute Gasteiger partial charge is 0.354 e. The molecule has 2 heterocycles. The van der Waals surface area contributed by atoms with Crippen LogP contribution in [0.1, 0.15) is 12.0 Å². The lowest BCUT2D eigenvalue weighted by Gasteiger charge is -2.14. The second kappa shape index (κ2) is 8.97. The van der Waals surface area contributed by atoms with Crippen molar-refractivity contribution in [2.75, 3.05) is 25.0 Å². The first kappa shape index (κ1) is 21.0. The second-order valence-corrected chi connectivity index (χ2v) is 8.46. The van der Waals surface area contributed by atoms with Gasteiger partial charge in [-0.05, 0) is 67.2 Å².